The normalized spacial score (nSPS) is 18.4. The van der Waals surface area contributed by atoms with Crippen molar-refractivity contribution in [2.24, 2.45) is 0 Å². The SMILES string of the molecule is C[C@H]1COCCN1Cc1cc(-c2ccc(C(F)(F)F)cc2)cn1C(=O)OC(C)(C)C. The molecule has 0 amide bonds. The number of hydrogen-bond donors (Lipinski definition) is 0. The summed E-state index contributed by atoms with van der Waals surface area (Å²) in [7, 11) is 0. The van der Waals surface area contributed by atoms with Crippen molar-refractivity contribution in [1.29, 1.82) is 0 Å². The van der Waals surface area contributed by atoms with E-state index in [4.69, 9.17) is 9.47 Å². The number of nitrogens with zero attached hydrogens (tertiary/aromatic N) is 2. The van der Waals surface area contributed by atoms with Crippen LogP contribution in [0.15, 0.2) is 36.5 Å². The third-order valence-corrected chi connectivity index (χ3v) is 4.91. The molecule has 1 fully saturated rings. The van der Waals surface area contributed by atoms with Gasteiger partial charge in [0, 0.05) is 36.6 Å². The van der Waals surface area contributed by atoms with Gasteiger partial charge in [-0.3, -0.25) is 9.47 Å². The van der Waals surface area contributed by atoms with Crippen molar-refractivity contribution in [3.63, 3.8) is 0 Å². The largest absolute Gasteiger partial charge is 0.443 e. The van der Waals surface area contributed by atoms with E-state index >= 15 is 0 Å². The lowest BCUT2D eigenvalue weighted by molar-refractivity contribution is -0.137. The predicted molar refractivity (Wildman–Crippen MR) is 107 cm³/mol. The van der Waals surface area contributed by atoms with Gasteiger partial charge >= 0.3 is 12.3 Å². The Morgan fingerprint density at radius 2 is 1.83 bits per heavy atom. The molecule has 0 bridgehead atoms. The molecule has 8 heteroatoms. The number of benzene rings is 1. The Morgan fingerprint density at radius 1 is 1.17 bits per heavy atom. The maximum absolute atomic E-state index is 12.9. The second-order valence-electron chi connectivity index (χ2n) is 8.54. The zero-order chi connectivity index (χ0) is 22.1. The second kappa shape index (κ2) is 8.43. The minimum atomic E-state index is -4.39. The van der Waals surface area contributed by atoms with E-state index < -0.39 is 23.4 Å². The summed E-state index contributed by atoms with van der Waals surface area (Å²) in [6.45, 7) is 9.87. The van der Waals surface area contributed by atoms with Crippen molar-refractivity contribution in [1.82, 2.24) is 9.47 Å². The Labute approximate surface area is 174 Å². The Morgan fingerprint density at radius 3 is 2.40 bits per heavy atom. The van der Waals surface area contributed by atoms with Gasteiger partial charge in [-0.2, -0.15) is 13.2 Å². The van der Waals surface area contributed by atoms with Crippen molar-refractivity contribution in [2.75, 3.05) is 19.8 Å². The van der Waals surface area contributed by atoms with Crippen LogP contribution >= 0.6 is 0 Å². The molecule has 1 aliphatic rings. The van der Waals surface area contributed by atoms with Crippen molar-refractivity contribution >= 4 is 6.09 Å². The quantitative estimate of drug-likeness (QED) is 0.681. The first-order valence-electron chi connectivity index (χ1n) is 9.88. The number of carbonyl (C=O) groups is 1. The molecule has 164 valence electrons. The summed E-state index contributed by atoms with van der Waals surface area (Å²) in [6, 6.07) is 6.94. The van der Waals surface area contributed by atoms with Gasteiger partial charge in [0.15, 0.2) is 0 Å². The number of morpholine rings is 1. The lowest BCUT2D eigenvalue weighted by Gasteiger charge is -2.33. The molecule has 0 radical (unpaired) electrons. The molecular weight excluding hydrogens is 397 g/mol. The van der Waals surface area contributed by atoms with Crippen LogP contribution in [0.2, 0.25) is 0 Å². The van der Waals surface area contributed by atoms with Crippen molar-refractivity contribution < 1.29 is 27.4 Å². The van der Waals surface area contributed by atoms with Crippen LogP contribution < -0.4 is 0 Å². The van der Waals surface area contributed by atoms with Gasteiger partial charge in [-0.05, 0) is 51.5 Å². The lowest BCUT2D eigenvalue weighted by Crippen LogP contribution is -2.43. The van der Waals surface area contributed by atoms with E-state index in [0.717, 1.165) is 18.7 Å². The lowest BCUT2D eigenvalue weighted by atomic mass is 10.1. The molecule has 1 atom stereocenters. The first-order chi connectivity index (χ1) is 13.9. The number of alkyl halides is 3. The number of hydrogen-bond acceptors (Lipinski definition) is 4. The van der Waals surface area contributed by atoms with Gasteiger partial charge in [0.2, 0.25) is 0 Å². The van der Waals surface area contributed by atoms with Crippen LogP contribution in [0, 0.1) is 0 Å². The van der Waals surface area contributed by atoms with Crippen LogP contribution in [0.5, 0.6) is 0 Å². The molecule has 0 saturated carbocycles. The molecule has 2 aromatic rings. The number of carbonyl (C=O) groups excluding carboxylic acids is 1. The van der Waals surface area contributed by atoms with Crippen LogP contribution in [0.1, 0.15) is 39.0 Å². The molecule has 0 aliphatic carbocycles. The summed E-state index contributed by atoms with van der Waals surface area (Å²) in [4.78, 5) is 15.0. The molecule has 0 unspecified atom stereocenters. The van der Waals surface area contributed by atoms with Gasteiger partial charge in [-0.1, -0.05) is 12.1 Å². The number of rotatable bonds is 3. The van der Waals surface area contributed by atoms with Crippen molar-refractivity contribution in [2.45, 2.75) is 52.1 Å². The molecule has 0 N–H and O–H groups in total. The highest BCUT2D eigenvalue weighted by Crippen LogP contribution is 2.32. The fraction of sp³-hybridized carbons (Fsp3) is 0.500. The van der Waals surface area contributed by atoms with E-state index in [2.05, 4.69) is 11.8 Å². The third kappa shape index (κ3) is 5.43. The standard InChI is InChI=1S/C22H27F3N2O3/c1-15-14-29-10-9-26(15)13-19-11-17(12-27(19)20(28)30-21(2,3)4)16-5-7-18(8-6-16)22(23,24)25/h5-8,11-12,15H,9-10,13-14H2,1-4H3/t15-/m0/s1. The van der Waals surface area contributed by atoms with E-state index in [1.165, 1.54) is 16.7 Å². The summed E-state index contributed by atoms with van der Waals surface area (Å²) in [5, 5.41) is 0. The molecule has 30 heavy (non-hydrogen) atoms. The van der Waals surface area contributed by atoms with Crippen LogP contribution in [0.3, 0.4) is 0 Å². The first kappa shape index (κ1) is 22.4. The maximum Gasteiger partial charge on any atom is 0.418 e. The number of aromatic nitrogens is 1. The van der Waals surface area contributed by atoms with Crippen LogP contribution in [0.25, 0.3) is 11.1 Å². The van der Waals surface area contributed by atoms with Gasteiger partial charge in [-0.15, -0.1) is 0 Å². The van der Waals surface area contributed by atoms with Crippen molar-refractivity contribution in [3.05, 3.63) is 47.8 Å². The zero-order valence-corrected chi connectivity index (χ0v) is 17.6. The molecule has 5 nitrogen and oxygen atoms in total. The molecule has 0 spiro atoms. The fourth-order valence-electron chi connectivity index (χ4n) is 3.33. The molecular formula is C22H27F3N2O3. The molecule has 1 aromatic heterocycles. The van der Waals surface area contributed by atoms with Gasteiger partial charge < -0.3 is 9.47 Å². The predicted octanol–water partition coefficient (Wildman–Crippen LogP) is 5.18. The van der Waals surface area contributed by atoms with Gasteiger partial charge in [0.25, 0.3) is 0 Å². The van der Waals surface area contributed by atoms with Crippen molar-refractivity contribution in [3.8, 4) is 11.1 Å². The Hall–Kier alpha value is -2.32. The van der Waals surface area contributed by atoms with E-state index in [1.807, 2.05) is 6.07 Å². The molecule has 3 rings (SSSR count). The average molecular weight is 424 g/mol. The second-order valence-corrected chi connectivity index (χ2v) is 8.54. The highest BCUT2D eigenvalue weighted by molar-refractivity contribution is 5.76. The van der Waals surface area contributed by atoms with E-state index in [9.17, 15) is 18.0 Å². The summed E-state index contributed by atoms with van der Waals surface area (Å²) in [6.07, 6.45) is -3.29. The monoisotopic (exact) mass is 424 g/mol. The molecule has 1 saturated heterocycles. The molecule has 2 heterocycles. The Balaban J connectivity index is 1.93. The Kier molecular flexibility index (Phi) is 6.29. The topological polar surface area (TPSA) is 43.7 Å². The Bertz CT molecular complexity index is 883. The van der Waals surface area contributed by atoms with Gasteiger partial charge in [-0.25, -0.2) is 4.79 Å². The first-order valence-corrected chi connectivity index (χ1v) is 9.88. The minimum absolute atomic E-state index is 0.190. The summed E-state index contributed by atoms with van der Waals surface area (Å²) in [5.74, 6) is 0. The molecule has 1 aliphatic heterocycles. The van der Waals surface area contributed by atoms with E-state index in [1.54, 1.807) is 27.0 Å². The summed E-state index contributed by atoms with van der Waals surface area (Å²) >= 11 is 0. The smallest absolute Gasteiger partial charge is 0.418 e. The number of ether oxygens (including phenoxy) is 2. The highest BCUT2D eigenvalue weighted by Gasteiger charge is 2.30. The number of halogens is 3. The average Bonchev–Trinajstić information content (AvgIpc) is 3.06. The van der Waals surface area contributed by atoms with Crippen LogP contribution in [-0.4, -0.2) is 47.0 Å². The van der Waals surface area contributed by atoms with E-state index in [-0.39, 0.29) is 6.04 Å². The zero-order valence-electron chi connectivity index (χ0n) is 17.6. The summed E-state index contributed by atoms with van der Waals surface area (Å²) < 4.78 is 51.1. The third-order valence-electron chi connectivity index (χ3n) is 4.91. The van der Waals surface area contributed by atoms with E-state index in [0.29, 0.717) is 36.6 Å². The minimum Gasteiger partial charge on any atom is -0.443 e. The fourth-order valence-corrected chi connectivity index (χ4v) is 3.33. The molecule has 1 aromatic carbocycles. The maximum atomic E-state index is 12.9. The summed E-state index contributed by atoms with van der Waals surface area (Å²) in [5.41, 5.74) is 0.597. The highest BCUT2D eigenvalue weighted by atomic mass is 19.4. The van der Waals surface area contributed by atoms with Gasteiger partial charge in [0.1, 0.15) is 5.60 Å². The van der Waals surface area contributed by atoms with Gasteiger partial charge in [0.05, 0.1) is 18.8 Å². The van der Waals surface area contributed by atoms with Crippen LogP contribution in [0.4, 0.5) is 18.0 Å². The van der Waals surface area contributed by atoms with Crippen LogP contribution in [-0.2, 0) is 22.2 Å².